The van der Waals surface area contributed by atoms with E-state index < -0.39 is 5.91 Å². The van der Waals surface area contributed by atoms with Crippen molar-refractivity contribution in [1.82, 2.24) is 9.88 Å². The van der Waals surface area contributed by atoms with Gasteiger partial charge in [-0.2, -0.15) is 0 Å². The van der Waals surface area contributed by atoms with Gasteiger partial charge in [-0.1, -0.05) is 24.3 Å². The third kappa shape index (κ3) is 3.97. The zero-order valence-corrected chi connectivity index (χ0v) is 21.0. The number of thiazole rings is 1. The predicted octanol–water partition coefficient (Wildman–Crippen LogP) is 6.15. The minimum Gasteiger partial charge on any atom is -0.451 e. The second-order valence-corrected chi connectivity index (χ2v) is 11.1. The Morgan fingerprint density at radius 3 is 2.74 bits per heavy atom. The third-order valence-electron chi connectivity index (χ3n) is 6.41. The van der Waals surface area contributed by atoms with Crippen molar-refractivity contribution in [3.05, 3.63) is 81.0 Å². The van der Waals surface area contributed by atoms with E-state index in [1.807, 2.05) is 18.2 Å². The Labute approximate surface area is 209 Å². The highest BCUT2D eigenvalue weighted by Gasteiger charge is 2.29. The highest BCUT2D eigenvalue weighted by Crippen LogP contribution is 2.46. The number of carbonyl (C=O) groups is 1. The molecule has 8 heteroatoms. The molecule has 0 saturated carbocycles. The molecule has 6 rings (SSSR count). The maximum atomic E-state index is 13.3. The van der Waals surface area contributed by atoms with Gasteiger partial charge in [-0.05, 0) is 50.1 Å². The number of nitrogens with zero attached hydrogens (tertiary/aromatic N) is 2. The number of hydrogen-bond donors (Lipinski definition) is 1. The normalized spacial score (nSPS) is 14.0. The SMILES string of the molecule is CC(C)N1CCc2c(sc(NC(=O)c3cc(=O)c4ccccc4o3)c2-c2nc3ccccc3s2)C1. The topological polar surface area (TPSA) is 75.4 Å². The lowest BCUT2D eigenvalue weighted by molar-refractivity contribution is 0.0997. The van der Waals surface area contributed by atoms with Crippen LogP contribution >= 0.6 is 22.7 Å². The molecule has 1 aliphatic heterocycles. The van der Waals surface area contributed by atoms with Gasteiger partial charge in [0.2, 0.25) is 0 Å². The van der Waals surface area contributed by atoms with Crippen molar-refractivity contribution in [1.29, 1.82) is 0 Å². The summed E-state index contributed by atoms with van der Waals surface area (Å²) < 4.78 is 6.90. The van der Waals surface area contributed by atoms with Crippen molar-refractivity contribution in [3.63, 3.8) is 0 Å². The molecule has 0 radical (unpaired) electrons. The number of carbonyl (C=O) groups excluding carboxylic acids is 1. The fraction of sp³-hybridized carbons (Fsp3) is 0.222. The average Bonchev–Trinajstić information content (AvgIpc) is 3.43. The molecule has 4 heterocycles. The summed E-state index contributed by atoms with van der Waals surface area (Å²) in [4.78, 5) is 34.4. The zero-order valence-electron chi connectivity index (χ0n) is 19.3. The predicted molar refractivity (Wildman–Crippen MR) is 143 cm³/mol. The lowest BCUT2D eigenvalue weighted by Crippen LogP contribution is -2.35. The molecule has 6 nitrogen and oxygen atoms in total. The third-order valence-corrected chi connectivity index (χ3v) is 8.60. The number of para-hydroxylation sites is 2. The molecule has 1 amide bonds. The van der Waals surface area contributed by atoms with E-state index in [0.29, 0.717) is 17.0 Å². The summed E-state index contributed by atoms with van der Waals surface area (Å²) in [7, 11) is 0. The van der Waals surface area contributed by atoms with Gasteiger partial charge in [-0.15, -0.1) is 22.7 Å². The van der Waals surface area contributed by atoms with Crippen molar-refractivity contribution < 1.29 is 9.21 Å². The lowest BCUT2D eigenvalue weighted by atomic mass is 10.0. The minimum atomic E-state index is -0.436. The number of nitrogens with one attached hydrogen (secondary N) is 1. The van der Waals surface area contributed by atoms with Gasteiger partial charge in [0.25, 0.3) is 5.91 Å². The van der Waals surface area contributed by atoms with Crippen molar-refractivity contribution in [3.8, 4) is 10.6 Å². The highest BCUT2D eigenvalue weighted by atomic mass is 32.1. The van der Waals surface area contributed by atoms with Crippen LogP contribution in [0.1, 0.15) is 34.8 Å². The first-order chi connectivity index (χ1) is 17.0. The Bertz CT molecular complexity index is 1610. The van der Waals surface area contributed by atoms with Gasteiger partial charge in [0.15, 0.2) is 11.2 Å². The molecule has 3 aromatic heterocycles. The van der Waals surface area contributed by atoms with E-state index in [4.69, 9.17) is 9.40 Å². The first kappa shape index (κ1) is 22.2. The molecule has 1 aliphatic rings. The van der Waals surface area contributed by atoms with Gasteiger partial charge in [-0.3, -0.25) is 14.5 Å². The molecule has 0 saturated heterocycles. The second-order valence-electron chi connectivity index (χ2n) is 8.93. The molecule has 0 spiro atoms. The lowest BCUT2D eigenvalue weighted by Gasteiger charge is -2.30. The average molecular weight is 502 g/mol. The molecule has 0 fully saturated rings. The molecule has 5 aromatic rings. The zero-order chi connectivity index (χ0) is 24.1. The fourth-order valence-electron chi connectivity index (χ4n) is 4.54. The van der Waals surface area contributed by atoms with E-state index in [1.165, 1.54) is 16.5 Å². The Balaban J connectivity index is 1.43. The molecule has 1 N–H and O–H groups in total. The van der Waals surface area contributed by atoms with Gasteiger partial charge < -0.3 is 9.73 Å². The van der Waals surface area contributed by atoms with E-state index in [2.05, 4.69) is 30.1 Å². The van der Waals surface area contributed by atoms with Crippen LogP contribution in [0.2, 0.25) is 0 Å². The highest BCUT2D eigenvalue weighted by molar-refractivity contribution is 7.23. The van der Waals surface area contributed by atoms with E-state index >= 15 is 0 Å². The number of fused-ring (bicyclic) bond motifs is 3. The number of benzene rings is 2. The molecule has 0 bridgehead atoms. The molecule has 0 aliphatic carbocycles. The quantitative estimate of drug-likeness (QED) is 0.320. The monoisotopic (exact) mass is 501 g/mol. The summed E-state index contributed by atoms with van der Waals surface area (Å²) >= 11 is 3.23. The molecular formula is C27H23N3O3S2. The summed E-state index contributed by atoms with van der Waals surface area (Å²) in [5.41, 5.74) is 3.35. The maximum Gasteiger partial charge on any atom is 0.292 e. The number of thiophene rings is 1. The first-order valence-corrected chi connectivity index (χ1v) is 13.2. The van der Waals surface area contributed by atoms with Crippen LogP contribution in [-0.2, 0) is 13.0 Å². The fourth-order valence-corrected chi connectivity index (χ4v) is 6.92. The van der Waals surface area contributed by atoms with E-state index in [-0.39, 0.29) is 11.2 Å². The van der Waals surface area contributed by atoms with Gasteiger partial charge in [0.1, 0.15) is 15.6 Å². The summed E-state index contributed by atoms with van der Waals surface area (Å²) in [5, 5.41) is 5.17. The van der Waals surface area contributed by atoms with Gasteiger partial charge in [0, 0.05) is 35.6 Å². The molecule has 2 aromatic carbocycles. The summed E-state index contributed by atoms with van der Waals surface area (Å²) in [6.45, 7) is 6.22. The number of aromatic nitrogens is 1. The minimum absolute atomic E-state index is 0.000807. The summed E-state index contributed by atoms with van der Waals surface area (Å²) in [5.74, 6) is -0.436. The maximum absolute atomic E-state index is 13.3. The van der Waals surface area contributed by atoms with Crippen LogP contribution in [-0.4, -0.2) is 28.4 Å². The van der Waals surface area contributed by atoms with E-state index in [1.54, 1.807) is 46.9 Å². The van der Waals surface area contributed by atoms with Crippen molar-refractivity contribution in [2.24, 2.45) is 0 Å². The molecular weight excluding hydrogens is 478 g/mol. The number of rotatable bonds is 4. The number of hydrogen-bond acceptors (Lipinski definition) is 7. The van der Waals surface area contributed by atoms with Crippen LogP contribution in [0, 0.1) is 0 Å². The van der Waals surface area contributed by atoms with Crippen molar-refractivity contribution in [2.75, 3.05) is 11.9 Å². The molecule has 0 atom stereocenters. The van der Waals surface area contributed by atoms with Crippen LogP contribution in [0.3, 0.4) is 0 Å². The number of amides is 1. The summed E-state index contributed by atoms with van der Waals surface area (Å²) in [6, 6.07) is 16.7. The summed E-state index contributed by atoms with van der Waals surface area (Å²) in [6.07, 6.45) is 0.899. The van der Waals surface area contributed by atoms with Crippen LogP contribution in [0.15, 0.2) is 63.8 Å². The largest absolute Gasteiger partial charge is 0.451 e. The van der Waals surface area contributed by atoms with Crippen molar-refractivity contribution >= 4 is 54.8 Å². The van der Waals surface area contributed by atoms with Gasteiger partial charge >= 0.3 is 0 Å². The van der Waals surface area contributed by atoms with Crippen LogP contribution in [0.25, 0.3) is 31.8 Å². The Morgan fingerprint density at radius 2 is 1.91 bits per heavy atom. The van der Waals surface area contributed by atoms with Crippen LogP contribution in [0.5, 0.6) is 0 Å². The van der Waals surface area contributed by atoms with Gasteiger partial charge in [-0.25, -0.2) is 4.98 Å². The van der Waals surface area contributed by atoms with Crippen LogP contribution < -0.4 is 10.7 Å². The van der Waals surface area contributed by atoms with Crippen molar-refractivity contribution in [2.45, 2.75) is 32.9 Å². The Hall–Kier alpha value is -3.33. The molecule has 176 valence electrons. The smallest absolute Gasteiger partial charge is 0.292 e. The Morgan fingerprint density at radius 1 is 1.11 bits per heavy atom. The number of anilines is 1. The van der Waals surface area contributed by atoms with Gasteiger partial charge in [0.05, 0.1) is 15.6 Å². The van der Waals surface area contributed by atoms with E-state index in [0.717, 1.165) is 45.3 Å². The first-order valence-electron chi connectivity index (χ1n) is 11.6. The molecule has 35 heavy (non-hydrogen) atoms. The van der Waals surface area contributed by atoms with E-state index in [9.17, 15) is 9.59 Å². The second kappa shape index (κ2) is 8.71. The Kier molecular flexibility index (Phi) is 5.51. The molecule has 0 unspecified atom stereocenters. The van der Waals surface area contributed by atoms with Crippen LogP contribution in [0.4, 0.5) is 5.00 Å². The standard InChI is InChI=1S/C27H23N3O3S2/c1-15(2)30-12-11-17-23(14-30)35-27(24(17)26-28-18-8-4-6-10-22(18)34-26)29-25(32)21-13-19(31)16-7-3-5-9-20(16)33-21/h3-10,13,15H,11-12,14H2,1-2H3,(H,29,32).